The van der Waals surface area contributed by atoms with Crippen molar-refractivity contribution in [2.75, 3.05) is 0 Å². The SMILES string of the molecule is C1=CC2=C(CC1)Oc1cccc3c1B2c1cccc(-c2ccc(-n4c5ccccc5c5ccccc54)cc2)c1O3. The number of nitrogens with zero attached hydrogens (tertiary/aromatic N) is 1. The van der Waals surface area contributed by atoms with E-state index in [9.17, 15) is 0 Å². The number of allylic oxidation sites excluding steroid dienone is 4. The van der Waals surface area contributed by atoms with Crippen molar-refractivity contribution in [2.24, 2.45) is 0 Å². The Kier molecular flexibility index (Phi) is 4.53. The molecular weight excluding hydrogens is 489 g/mol. The van der Waals surface area contributed by atoms with Gasteiger partial charge in [-0.25, -0.2) is 0 Å². The molecule has 0 saturated heterocycles. The summed E-state index contributed by atoms with van der Waals surface area (Å²) in [6, 6.07) is 38.9. The molecule has 0 N–H and O–H groups in total. The average molecular weight is 513 g/mol. The number of fused-ring (bicyclic) bond motifs is 6. The lowest BCUT2D eigenvalue weighted by Crippen LogP contribution is -2.51. The molecule has 0 atom stereocenters. The summed E-state index contributed by atoms with van der Waals surface area (Å²) in [5.41, 5.74) is 9.42. The Hall–Kier alpha value is -4.96. The summed E-state index contributed by atoms with van der Waals surface area (Å²) < 4.78 is 15.4. The van der Waals surface area contributed by atoms with Crippen LogP contribution in [0.1, 0.15) is 12.8 Å². The van der Waals surface area contributed by atoms with Gasteiger partial charge in [0.1, 0.15) is 17.2 Å². The summed E-state index contributed by atoms with van der Waals surface area (Å²) in [5, 5.41) is 2.54. The van der Waals surface area contributed by atoms with Gasteiger partial charge in [-0.2, -0.15) is 0 Å². The van der Waals surface area contributed by atoms with E-state index in [-0.39, 0.29) is 6.71 Å². The van der Waals surface area contributed by atoms with Gasteiger partial charge in [-0.05, 0) is 59.3 Å². The van der Waals surface area contributed by atoms with E-state index < -0.39 is 0 Å². The van der Waals surface area contributed by atoms with E-state index in [1.807, 2.05) is 6.07 Å². The van der Waals surface area contributed by atoms with Crippen LogP contribution in [0.3, 0.4) is 0 Å². The fourth-order valence-corrected chi connectivity index (χ4v) is 6.85. The van der Waals surface area contributed by atoms with Gasteiger partial charge in [0.15, 0.2) is 0 Å². The summed E-state index contributed by atoms with van der Waals surface area (Å²) in [6.07, 6.45) is 6.47. The van der Waals surface area contributed by atoms with E-state index in [0.29, 0.717) is 0 Å². The van der Waals surface area contributed by atoms with Gasteiger partial charge in [-0.1, -0.05) is 84.9 Å². The predicted molar refractivity (Wildman–Crippen MR) is 164 cm³/mol. The van der Waals surface area contributed by atoms with Crippen LogP contribution in [0.5, 0.6) is 17.2 Å². The van der Waals surface area contributed by atoms with Crippen LogP contribution in [0.4, 0.5) is 0 Å². The smallest absolute Gasteiger partial charge is 0.260 e. The molecular formula is C36H24BNO2. The van der Waals surface area contributed by atoms with E-state index in [1.54, 1.807) is 0 Å². The molecule has 0 fully saturated rings. The van der Waals surface area contributed by atoms with Gasteiger partial charge >= 0.3 is 0 Å². The highest BCUT2D eigenvalue weighted by atomic mass is 16.5. The van der Waals surface area contributed by atoms with E-state index in [0.717, 1.165) is 58.1 Å². The number of ether oxygens (including phenoxy) is 2. The van der Waals surface area contributed by atoms with Gasteiger partial charge in [0, 0.05) is 33.9 Å². The van der Waals surface area contributed by atoms with Crippen LogP contribution in [-0.2, 0) is 0 Å². The van der Waals surface area contributed by atoms with E-state index in [4.69, 9.17) is 9.47 Å². The van der Waals surface area contributed by atoms with Crippen molar-refractivity contribution < 1.29 is 9.47 Å². The Morgan fingerprint density at radius 1 is 0.650 bits per heavy atom. The second-order valence-electron chi connectivity index (χ2n) is 10.8. The zero-order valence-corrected chi connectivity index (χ0v) is 21.8. The molecule has 3 nitrogen and oxygen atoms in total. The molecule has 1 aromatic heterocycles. The number of benzene rings is 5. The van der Waals surface area contributed by atoms with Crippen molar-refractivity contribution in [3.63, 3.8) is 0 Å². The van der Waals surface area contributed by atoms with E-state index in [2.05, 4.69) is 120 Å². The first-order valence-corrected chi connectivity index (χ1v) is 14.0. The molecule has 0 unspecified atom stereocenters. The normalized spacial score (nSPS) is 14.9. The third-order valence-electron chi connectivity index (χ3n) is 8.60. The van der Waals surface area contributed by atoms with Crippen molar-refractivity contribution in [1.82, 2.24) is 4.57 Å². The molecule has 4 heteroatoms. The number of para-hydroxylation sites is 3. The highest BCUT2D eigenvalue weighted by Crippen LogP contribution is 2.41. The minimum absolute atomic E-state index is 0.118. The third-order valence-corrected chi connectivity index (χ3v) is 8.60. The first kappa shape index (κ1) is 21.9. The van der Waals surface area contributed by atoms with Gasteiger partial charge in [-0.3, -0.25) is 0 Å². The first-order chi connectivity index (χ1) is 19.8. The second-order valence-corrected chi connectivity index (χ2v) is 10.8. The molecule has 1 aliphatic carbocycles. The van der Waals surface area contributed by atoms with Crippen LogP contribution in [-0.4, -0.2) is 11.3 Å². The Bertz CT molecular complexity index is 2010. The van der Waals surface area contributed by atoms with Gasteiger partial charge in [0.05, 0.1) is 16.8 Å². The fraction of sp³-hybridized carbons (Fsp3) is 0.0556. The van der Waals surface area contributed by atoms with Crippen LogP contribution in [0.15, 0.2) is 133 Å². The molecule has 0 radical (unpaired) electrons. The molecule has 6 aromatic rings. The van der Waals surface area contributed by atoms with Crippen LogP contribution in [0, 0.1) is 0 Å². The third kappa shape index (κ3) is 3.02. The number of hydrogen-bond donors (Lipinski definition) is 0. The summed E-state index contributed by atoms with van der Waals surface area (Å²) in [7, 11) is 0. The Balaban J connectivity index is 1.19. The number of rotatable bonds is 2. The molecule has 2 aliphatic heterocycles. The summed E-state index contributed by atoms with van der Waals surface area (Å²) in [4.78, 5) is 0. The molecule has 3 heterocycles. The van der Waals surface area contributed by atoms with Crippen LogP contribution < -0.4 is 20.4 Å². The highest BCUT2D eigenvalue weighted by molar-refractivity contribution is 6.94. The maximum absolute atomic E-state index is 6.68. The van der Waals surface area contributed by atoms with Gasteiger partial charge in [0.25, 0.3) is 6.71 Å². The Morgan fingerprint density at radius 3 is 2.12 bits per heavy atom. The second kappa shape index (κ2) is 8.27. The summed E-state index contributed by atoms with van der Waals surface area (Å²) in [6.45, 7) is 0.118. The van der Waals surface area contributed by atoms with Gasteiger partial charge in [0.2, 0.25) is 0 Å². The minimum Gasteiger partial charge on any atom is -0.463 e. The summed E-state index contributed by atoms with van der Waals surface area (Å²) in [5.74, 6) is 3.83. The lowest BCUT2D eigenvalue weighted by atomic mass is 9.34. The molecule has 3 aliphatic rings. The molecule has 0 spiro atoms. The predicted octanol–water partition coefficient (Wildman–Crippen LogP) is 7.70. The topological polar surface area (TPSA) is 23.4 Å². The average Bonchev–Trinajstić information content (AvgIpc) is 3.35. The van der Waals surface area contributed by atoms with Gasteiger partial charge < -0.3 is 14.0 Å². The zero-order valence-electron chi connectivity index (χ0n) is 21.8. The maximum atomic E-state index is 6.68. The Morgan fingerprint density at radius 2 is 1.35 bits per heavy atom. The lowest BCUT2D eigenvalue weighted by molar-refractivity contribution is 0.396. The maximum Gasteiger partial charge on any atom is 0.260 e. The molecule has 0 bridgehead atoms. The molecule has 9 rings (SSSR count). The van der Waals surface area contributed by atoms with Crippen molar-refractivity contribution in [3.05, 3.63) is 133 Å². The minimum atomic E-state index is 0.118. The Labute approximate surface area is 232 Å². The molecule has 40 heavy (non-hydrogen) atoms. The lowest BCUT2D eigenvalue weighted by Gasteiger charge is -2.35. The van der Waals surface area contributed by atoms with E-state index >= 15 is 0 Å². The monoisotopic (exact) mass is 513 g/mol. The zero-order chi connectivity index (χ0) is 26.2. The highest BCUT2D eigenvalue weighted by Gasteiger charge is 2.41. The molecule has 188 valence electrons. The van der Waals surface area contributed by atoms with Crippen molar-refractivity contribution in [2.45, 2.75) is 12.8 Å². The quantitative estimate of drug-likeness (QED) is 0.222. The van der Waals surface area contributed by atoms with Crippen LogP contribution >= 0.6 is 0 Å². The standard InChI is InChI=1S/C36H24BNO2/c1-4-14-30-26(9-1)27-10-2-5-15-31(27)38(30)24-21-19-23(20-22-24)25-11-7-13-29-36(25)40-34-18-8-17-33-35(34)37(29)28-12-3-6-16-32(28)39-33/h1-5,7-15,17-22H,6,16H2. The van der Waals surface area contributed by atoms with Crippen LogP contribution in [0.25, 0.3) is 38.6 Å². The largest absolute Gasteiger partial charge is 0.463 e. The van der Waals surface area contributed by atoms with Crippen molar-refractivity contribution >= 4 is 39.4 Å². The van der Waals surface area contributed by atoms with Gasteiger partial charge in [-0.15, -0.1) is 0 Å². The summed E-state index contributed by atoms with van der Waals surface area (Å²) >= 11 is 0. The fourth-order valence-electron chi connectivity index (χ4n) is 6.85. The molecule has 0 amide bonds. The number of hydrogen-bond acceptors (Lipinski definition) is 2. The molecule has 0 saturated carbocycles. The number of aromatic nitrogens is 1. The van der Waals surface area contributed by atoms with Crippen molar-refractivity contribution in [1.29, 1.82) is 0 Å². The molecule has 5 aromatic carbocycles. The first-order valence-electron chi connectivity index (χ1n) is 14.0. The van der Waals surface area contributed by atoms with E-state index in [1.165, 1.54) is 32.7 Å². The van der Waals surface area contributed by atoms with Crippen molar-refractivity contribution in [3.8, 4) is 34.1 Å². The van der Waals surface area contributed by atoms with Crippen LogP contribution in [0.2, 0.25) is 0 Å².